The second-order valence-corrected chi connectivity index (χ2v) is 7.85. The Hall–Kier alpha value is -1.77. The second-order valence-electron chi connectivity index (χ2n) is 6.74. The van der Waals surface area contributed by atoms with Gasteiger partial charge in [0.15, 0.2) is 0 Å². The Morgan fingerprint density at radius 2 is 1.92 bits per heavy atom. The van der Waals surface area contributed by atoms with E-state index in [2.05, 4.69) is 32.8 Å². The van der Waals surface area contributed by atoms with E-state index in [1.807, 2.05) is 4.90 Å². The first kappa shape index (κ1) is 17.6. The van der Waals surface area contributed by atoms with Crippen molar-refractivity contribution in [3.63, 3.8) is 0 Å². The maximum Gasteiger partial charge on any atom is 0.236 e. The summed E-state index contributed by atoms with van der Waals surface area (Å²) < 4.78 is 5.35. The minimum absolute atomic E-state index is 0.225. The Morgan fingerprint density at radius 3 is 2.65 bits per heavy atom. The third-order valence-electron chi connectivity index (χ3n) is 5.10. The lowest BCUT2D eigenvalue weighted by Gasteiger charge is -2.37. The van der Waals surface area contributed by atoms with Crippen LogP contribution in [0.1, 0.15) is 11.8 Å². The normalized spacial score (nSPS) is 19.3. The third-order valence-corrected chi connectivity index (χ3v) is 6.29. The Balaban J connectivity index is 1.39. The average molecular weight is 375 g/mol. The smallest absolute Gasteiger partial charge is 0.236 e. The van der Waals surface area contributed by atoms with Crippen LogP contribution in [0.4, 0.5) is 5.82 Å². The molecule has 26 heavy (non-hydrogen) atoms. The van der Waals surface area contributed by atoms with Gasteiger partial charge in [-0.3, -0.25) is 9.69 Å². The van der Waals surface area contributed by atoms with Crippen molar-refractivity contribution in [2.45, 2.75) is 13.3 Å². The molecule has 7 nitrogen and oxygen atoms in total. The molecule has 2 fully saturated rings. The molecule has 0 aliphatic carbocycles. The first-order valence-corrected chi connectivity index (χ1v) is 10.1. The van der Waals surface area contributed by atoms with E-state index in [9.17, 15) is 4.79 Å². The van der Waals surface area contributed by atoms with E-state index in [0.29, 0.717) is 6.54 Å². The number of aromatic nitrogens is 2. The van der Waals surface area contributed by atoms with Gasteiger partial charge in [-0.1, -0.05) is 6.92 Å². The third kappa shape index (κ3) is 3.67. The SMILES string of the molecule is CCc1cc2c(N3CCN(C(=O)CN4CCOCC4)CC3)ncnc2s1. The molecule has 0 saturated carbocycles. The number of fused-ring (bicyclic) bond motifs is 1. The Bertz CT molecular complexity index is 766. The highest BCUT2D eigenvalue weighted by Gasteiger charge is 2.25. The van der Waals surface area contributed by atoms with Gasteiger partial charge in [0.05, 0.1) is 25.1 Å². The predicted octanol–water partition coefficient (Wildman–Crippen LogP) is 1.23. The van der Waals surface area contributed by atoms with Crippen LogP contribution in [-0.4, -0.2) is 84.7 Å². The highest BCUT2D eigenvalue weighted by atomic mass is 32.1. The van der Waals surface area contributed by atoms with Crippen molar-refractivity contribution < 1.29 is 9.53 Å². The van der Waals surface area contributed by atoms with Crippen molar-refractivity contribution in [1.82, 2.24) is 19.8 Å². The average Bonchev–Trinajstić information content (AvgIpc) is 3.12. The summed E-state index contributed by atoms with van der Waals surface area (Å²) in [4.78, 5) is 30.4. The molecule has 2 aromatic heterocycles. The summed E-state index contributed by atoms with van der Waals surface area (Å²) >= 11 is 1.74. The van der Waals surface area contributed by atoms with Crippen LogP contribution >= 0.6 is 11.3 Å². The fraction of sp³-hybridized carbons (Fsp3) is 0.611. The zero-order valence-electron chi connectivity index (χ0n) is 15.2. The highest BCUT2D eigenvalue weighted by molar-refractivity contribution is 7.18. The quantitative estimate of drug-likeness (QED) is 0.801. The number of piperazine rings is 1. The van der Waals surface area contributed by atoms with Crippen molar-refractivity contribution in [3.8, 4) is 0 Å². The highest BCUT2D eigenvalue weighted by Crippen LogP contribution is 2.30. The van der Waals surface area contributed by atoms with Crippen LogP contribution in [0, 0.1) is 0 Å². The standard InChI is InChI=1S/C18H25N5O2S/c1-2-14-11-15-17(19-13-20-18(15)26-14)23-5-3-22(4-6-23)16(24)12-21-7-9-25-10-8-21/h11,13H,2-10,12H2,1H3. The van der Waals surface area contributed by atoms with Crippen LogP contribution in [-0.2, 0) is 16.0 Å². The number of hydrogen-bond donors (Lipinski definition) is 0. The van der Waals surface area contributed by atoms with E-state index in [-0.39, 0.29) is 5.91 Å². The maximum absolute atomic E-state index is 12.6. The number of ether oxygens (including phenoxy) is 1. The monoisotopic (exact) mass is 375 g/mol. The van der Waals surface area contributed by atoms with Crippen LogP contribution in [0.15, 0.2) is 12.4 Å². The van der Waals surface area contributed by atoms with E-state index in [1.165, 1.54) is 4.88 Å². The van der Waals surface area contributed by atoms with Crippen molar-refractivity contribution in [1.29, 1.82) is 0 Å². The molecule has 2 aromatic rings. The summed E-state index contributed by atoms with van der Waals surface area (Å²) in [5.41, 5.74) is 0. The molecule has 4 rings (SSSR count). The topological polar surface area (TPSA) is 61.8 Å². The molecule has 2 aliphatic rings. The minimum Gasteiger partial charge on any atom is -0.379 e. The van der Waals surface area contributed by atoms with Crippen LogP contribution in [0.5, 0.6) is 0 Å². The molecule has 0 atom stereocenters. The number of thiophene rings is 1. The Labute approximate surface area is 157 Å². The molecule has 8 heteroatoms. The summed E-state index contributed by atoms with van der Waals surface area (Å²) in [5, 5.41) is 1.14. The molecule has 140 valence electrons. The number of nitrogens with zero attached hydrogens (tertiary/aromatic N) is 5. The number of anilines is 1. The summed E-state index contributed by atoms with van der Waals surface area (Å²) in [6.45, 7) is 8.96. The van der Waals surface area contributed by atoms with Gasteiger partial charge in [0.1, 0.15) is 17.0 Å². The number of amides is 1. The number of hydrogen-bond acceptors (Lipinski definition) is 7. The fourth-order valence-corrected chi connectivity index (χ4v) is 4.47. The van der Waals surface area contributed by atoms with Gasteiger partial charge in [-0.15, -0.1) is 11.3 Å². The molecule has 0 spiro atoms. The Morgan fingerprint density at radius 1 is 1.15 bits per heavy atom. The van der Waals surface area contributed by atoms with Gasteiger partial charge in [0, 0.05) is 44.1 Å². The number of rotatable bonds is 4. The van der Waals surface area contributed by atoms with E-state index in [1.54, 1.807) is 17.7 Å². The molecule has 1 amide bonds. The number of morpholine rings is 1. The molecule has 0 unspecified atom stereocenters. The van der Waals surface area contributed by atoms with Gasteiger partial charge < -0.3 is 14.5 Å². The lowest BCUT2D eigenvalue weighted by Crippen LogP contribution is -2.52. The van der Waals surface area contributed by atoms with Crippen molar-refractivity contribution in [3.05, 3.63) is 17.3 Å². The molecule has 0 bridgehead atoms. The van der Waals surface area contributed by atoms with E-state index >= 15 is 0 Å². The van der Waals surface area contributed by atoms with E-state index < -0.39 is 0 Å². The fourth-order valence-electron chi connectivity index (χ4n) is 3.54. The van der Waals surface area contributed by atoms with Crippen molar-refractivity contribution in [2.75, 3.05) is 63.9 Å². The summed E-state index contributed by atoms with van der Waals surface area (Å²) in [5.74, 6) is 1.23. The molecular weight excluding hydrogens is 350 g/mol. The minimum atomic E-state index is 0.225. The first-order valence-electron chi connectivity index (χ1n) is 9.31. The molecular formula is C18H25N5O2S. The molecule has 4 heterocycles. The van der Waals surface area contributed by atoms with Crippen LogP contribution < -0.4 is 4.90 Å². The summed E-state index contributed by atoms with van der Waals surface area (Å²) in [7, 11) is 0. The molecule has 0 aromatic carbocycles. The van der Waals surface area contributed by atoms with Gasteiger partial charge in [0.25, 0.3) is 0 Å². The number of carbonyl (C=O) groups is 1. The van der Waals surface area contributed by atoms with E-state index in [0.717, 1.165) is 74.9 Å². The lowest BCUT2D eigenvalue weighted by atomic mass is 10.2. The molecule has 2 saturated heterocycles. The maximum atomic E-state index is 12.6. The summed E-state index contributed by atoms with van der Waals surface area (Å²) in [6.07, 6.45) is 2.67. The predicted molar refractivity (Wildman–Crippen MR) is 103 cm³/mol. The van der Waals surface area contributed by atoms with Crippen molar-refractivity contribution in [2.24, 2.45) is 0 Å². The van der Waals surface area contributed by atoms with Crippen LogP contribution in [0.25, 0.3) is 10.2 Å². The lowest BCUT2D eigenvalue weighted by molar-refractivity contribution is -0.133. The van der Waals surface area contributed by atoms with Gasteiger partial charge in [0.2, 0.25) is 5.91 Å². The molecule has 2 aliphatic heterocycles. The number of aryl methyl sites for hydroxylation is 1. The second kappa shape index (κ2) is 7.85. The summed E-state index contributed by atoms with van der Waals surface area (Å²) in [6, 6.07) is 2.21. The van der Waals surface area contributed by atoms with Crippen molar-refractivity contribution >= 4 is 33.3 Å². The zero-order chi connectivity index (χ0) is 17.9. The van der Waals surface area contributed by atoms with Gasteiger partial charge in [-0.2, -0.15) is 0 Å². The van der Waals surface area contributed by atoms with Crippen LogP contribution in [0.3, 0.4) is 0 Å². The van der Waals surface area contributed by atoms with Gasteiger partial charge >= 0.3 is 0 Å². The van der Waals surface area contributed by atoms with Crippen LogP contribution in [0.2, 0.25) is 0 Å². The zero-order valence-corrected chi connectivity index (χ0v) is 16.0. The van der Waals surface area contributed by atoms with Gasteiger partial charge in [-0.25, -0.2) is 9.97 Å². The molecule has 0 N–H and O–H groups in total. The van der Waals surface area contributed by atoms with Gasteiger partial charge in [-0.05, 0) is 12.5 Å². The largest absolute Gasteiger partial charge is 0.379 e. The first-order chi connectivity index (χ1) is 12.7. The number of carbonyl (C=O) groups excluding carboxylic acids is 1. The Kier molecular flexibility index (Phi) is 5.33. The van der Waals surface area contributed by atoms with E-state index in [4.69, 9.17) is 4.74 Å². The molecule has 0 radical (unpaired) electrons.